The van der Waals surface area contributed by atoms with E-state index in [2.05, 4.69) is 11.4 Å². The number of amides is 1. The second kappa shape index (κ2) is 10.2. The summed E-state index contributed by atoms with van der Waals surface area (Å²) >= 11 is 0. The Morgan fingerprint density at radius 2 is 1.63 bits per heavy atom. The van der Waals surface area contributed by atoms with Crippen LogP contribution in [0.5, 0.6) is 5.75 Å². The summed E-state index contributed by atoms with van der Waals surface area (Å²) in [4.78, 5) is 12.3. The lowest BCUT2D eigenvalue weighted by Gasteiger charge is -2.25. The Balaban J connectivity index is 1.47. The summed E-state index contributed by atoms with van der Waals surface area (Å²) in [5.74, 6) is 0.278. The Bertz CT molecular complexity index is 990. The number of nitrogens with zero attached hydrogens (tertiary/aromatic N) is 2. The number of piperidine rings is 1. The largest absolute Gasteiger partial charge is 0.484 e. The second-order valence-electron chi connectivity index (χ2n) is 7.15. The minimum atomic E-state index is -3.45. The second-order valence-corrected chi connectivity index (χ2v) is 9.09. The SMILES string of the molecule is N#CCc1ccc(OCC(=O)NCc2ccc(S(=O)(=O)N3CCCCC3)cc2)cc1. The average Bonchev–Trinajstić information content (AvgIpc) is 2.78. The Labute approximate surface area is 177 Å². The maximum Gasteiger partial charge on any atom is 0.258 e. The number of sulfonamides is 1. The maximum absolute atomic E-state index is 12.7. The average molecular weight is 428 g/mol. The van der Waals surface area contributed by atoms with E-state index in [1.165, 1.54) is 4.31 Å². The van der Waals surface area contributed by atoms with Crippen LogP contribution in [0.4, 0.5) is 0 Å². The van der Waals surface area contributed by atoms with Crippen LogP contribution in [0, 0.1) is 11.3 Å². The van der Waals surface area contributed by atoms with E-state index in [1.807, 2.05) is 0 Å². The number of hydrogen-bond donors (Lipinski definition) is 1. The zero-order valence-corrected chi connectivity index (χ0v) is 17.5. The van der Waals surface area contributed by atoms with E-state index in [0.29, 0.717) is 25.3 Å². The Kier molecular flexibility index (Phi) is 7.44. The fourth-order valence-electron chi connectivity index (χ4n) is 3.23. The molecule has 2 aromatic carbocycles. The molecule has 0 saturated carbocycles. The molecular formula is C22H25N3O4S. The number of nitrogens with one attached hydrogen (secondary N) is 1. The van der Waals surface area contributed by atoms with Crippen molar-refractivity contribution >= 4 is 15.9 Å². The molecule has 1 heterocycles. The molecule has 1 N–H and O–H groups in total. The zero-order valence-electron chi connectivity index (χ0n) is 16.7. The van der Waals surface area contributed by atoms with E-state index >= 15 is 0 Å². The van der Waals surface area contributed by atoms with Gasteiger partial charge in [-0.2, -0.15) is 9.57 Å². The molecule has 1 aliphatic heterocycles. The van der Waals surface area contributed by atoms with Gasteiger partial charge in [-0.25, -0.2) is 8.42 Å². The van der Waals surface area contributed by atoms with Gasteiger partial charge in [-0.05, 0) is 48.2 Å². The summed E-state index contributed by atoms with van der Waals surface area (Å²) < 4.78 is 32.3. The van der Waals surface area contributed by atoms with Crippen LogP contribution in [0.1, 0.15) is 30.4 Å². The van der Waals surface area contributed by atoms with Crippen molar-refractivity contribution in [3.05, 3.63) is 59.7 Å². The third-order valence-electron chi connectivity index (χ3n) is 4.94. The van der Waals surface area contributed by atoms with E-state index in [0.717, 1.165) is 30.4 Å². The third kappa shape index (κ3) is 5.81. The van der Waals surface area contributed by atoms with Crippen LogP contribution in [0.2, 0.25) is 0 Å². The van der Waals surface area contributed by atoms with Crippen LogP contribution in [0.3, 0.4) is 0 Å². The Morgan fingerprint density at radius 3 is 2.27 bits per heavy atom. The van der Waals surface area contributed by atoms with Crippen LogP contribution in [0.25, 0.3) is 0 Å². The van der Waals surface area contributed by atoms with E-state index in [1.54, 1.807) is 48.5 Å². The highest BCUT2D eigenvalue weighted by molar-refractivity contribution is 7.89. The molecule has 0 radical (unpaired) electrons. The highest BCUT2D eigenvalue weighted by Gasteiger charge is 2.25. The molecule has 2 aromatic rings. The van der Waals surface area contributed by atoms with Crippen molar-refractivity contribution in [2.24, 2.45) is 0 Å². The van der Waals surface area contributed by atoms with Gasteiger partial charge in [0.05, 0.1) is 17.4 Å². The fraction of sp³-hybridized carbons (Fsp3) is 0.364. The lowest BCUT2D eigenvalue weighted by Crippen LogP contribution is -2.35. The molecule has 0 aliphatic carbocycles. The zero-order chi connectivity index (χ0) is 21.4. The molecule has 3 rings (SSSR count). The molecular weight excluding hydrogens is 402 g/mol. The van der Waals surface area contributed by atoms with Gasteiger partial charge in [0.2, 0.25) is 10.0 Å². The maximum atomic E-state index is 12.7. The standard InChI is InChI=1S/C22H25N3O4S/c23-13-12-18-4-8-20(9-5-18)29-17-22(26)24-16-19-6-10-21(11-7-19)30(27,28)25-14-2-1-3-15-25/h4-11H,1-3,12,14-17H2,(H,24,26). The number of rotatable bonds is 8. The van der Waals surface area contributed by atoms with Gasteiger partial charge >= 0.3 is 0 Å². The van der Waals surface area contributed by atoms with Gasteiger partial charge in [0.25, 0.3) is 5.91 Å². The summed E-state index contributed by atoms with van der Waals surface area (Å²) in [7, 11) is -3.45. The first-order valence-electron chi connectivity index (χ1n) is 9.93. The van der Waals surface area contributed by atoms with Gasteiger partial charge < -0.3 is 10.1 Å². The van der Waals surface area contributed by atoms with Crippen LogP contribution in [0.15, 0.2) is 53.4 Å². The number of benzene rings is 2. The van der Waals surface area contributed by atoms with Crippen molar-refractivity contribution in [1.29, 1.82) is 5.26 Å². The molecule has 0 aromatic heterocycles. The van der Waals surface area contributed by atoms with E-state index < -0.39 is 10.0 Å². The van der Waals surface area contributed by atoms with Crippen molar-refractivity contribution in [2.75, 3.05) is 19.7 Å². The van der Waals surface area contributed by atoms with Crippen LogP contribution < -0.4 is 10.1 Å². The van der Waals surface area contributed by atoms with Gasteiger partial charge in [0.15, 0.2) is 6.61 Å². The summed E-state index contributed by atoms with van der Waals surface area (Å²) in [6.45, 7) is 1.30. The lowest BCUT2D eigenvalue weighted by molar-refractivity contribution is -0.123. The molecule has 0 spiro atoms. The normalized spacial score (nSPS) is 14.6. The van der Waals surface area contributed by atoms with Crippen LogP contribution in [-0.2, 0) is 27.8 Å². The molecule has 0 bridgehead atoms. The highest BCUT2D eigenvalue weighted by Crippen LogP contribution is 2.20. The minimum Gasteiger partial charge on any atom is -0.484 e. The number of carbonyl (C=O) groups excluding carboxylic acids is 1. The van der Waals surface area contributed by atoms with Gasteiger partial charge in [-0.3, -0.25) is 4.79 Å². The van der Waals surface area contributed by atoms with Crippen molar-refractivity contribution in [3.63, 3.8) is 0 Å². The van der Waals surface area contributed by atoms with E-state index in [-0.39, 0.29) is 24.0 Å². The van der Waals surface area contributed by atoms with Crippen LogP contribution in [-0.4, -0.2) is 38.3 Å². The smallest absolute Gasteiger partial charge is 0.258 e. The van der Waals surface area contributed by atoms with Crippen molar-refractivity contribution in [2.45, 2.75) is 37.1 Å². The predicted molar refractivity (Wildman–Crippen MR) is 112 cm³/mol. The minimum absolute atomic E-state index is 0.126. The van der Waals surface area contributed by atoms with Crippen LogP contribution >= 0.6 is 0 Å². The molecule has 0 unspecified atom stereocenters. The number of ether oxygens (including phenoxy) is 1. The Hall–Kier alpha value is -2.89. The van der Waals surface area contributed by atoms with Crippen molar-refractivity contribution in [3.8, 4) is 11.8 Å². The third-order valence-corrected chi connectivity index (χ3v) is 6.86. The van der Waals surface area contributed by atoms with E-state index in [9.17, 15) is 13.2 Å². The molecule has 1 fully saturated rings. The number of carbonyl (C=O) groups is 1. The molecule has 30 heavy (non-hydrogen) atoms. The van der Waals surface area contributed by atoms with Gasteiger partial charge in [0, 0.05) is 19.6 Å². The van der Waals surface area contributed by atoms with Gasteiger partial charge in [-0.15, -0.1) is 0 Å². The number of nitriles is 1. The molecule has 1 saturated heterocycles. The summed E-state index contributed by atoms with van der Waals surface area (Å²) in [5.41, 5.74) is 1.70. The van der Waals surface area contributed by atoms with Gasteiger partial charge in [-0.1, -0.05) is 30.7 Å². The monoisotopic (exact) mass is 427 g/mol. The van der Waals surface area contributed by atoms with Crippen molar-refractivity contribution in [1.82, 2.24) is 9.62 Å². The quantitative estimate of drug-likeness (QED) is 0.698. The van der Waals surface area contributed by atoms with E-state index in [4.69, 9.17) is 10.00 Å². The van der Waals surface area contributed by atoms with Gasteiger partial charge in [0.1, 0.15) is 5.75 Å². The predicted octanol–water partition coefficient (Wildman–Crippen LogP) is 2.62. The topological polar surface area (TPSA) is 99.5 Å². The van der Waals surface area contributed by atoms with Crippen molar-refractivity contribution < 1.29 is 17.9 Å². The molecule has 158 valence electrons. The summed E-state index contributed by atoms with van der Waals surface area (Å²) in [6.07, 6.45) is 3.20. The molecule has 1 amide bonds. The highest BCUT2D eigenvalue weighted by atomic mass is 32.2. The first kappa shape index (κ1) is 21.8. The molecule has 1 aliphatic rings. The molecule has 7 nitrogen and oxygen atoms in total. The first-order chi connectivity index (χ1) is 14.5. The first-order valence-corrected chi connectivity index (χ1v) is 11.4. The fourth-order valence-corrected chi connectivity index (χ4v) is 4.75. The number of hydrogen-bond acceptors (Lipinski definition) is 5. The lowest BCUT2D eigenvalue weighted by atomic mass is 10.2. The molecule has 0 atom stereocenters. The Morgan fingerprint density at radius 1 is 1.00 bits per heavy atom. The molecule has 8 heteroatoms. The summed E-state index contributed by atoms with van der Waals surface area (Å²) in [6, 6.07) is 15.7. The summed E-state index contributed by atoms with van der Waals surface area (Å²) in [5, 5.41) is 11.4.